The van der Waals surface area contributed by atoms with E-state index in [2.05, 4.69) is 24.5 Å². The Bertz CT molecular complexity index is 785. The van der Waals surface area contributed by atoms with Crippen molar-refractivity contribution in [2.45, 2.75) is 12.2 Å². The molecule has 3 aromatic carbocycles. The summed E-state index contributed by atoms with van der Waals surface area (Å²) in [5.41, 5.74) is 3.14. The Labute approximate surface area is 135 Å². The van der Waals surface area contributed by atoms with Gasteiger partial charge in [0.15, 0.2) is 5.78 Å². The third-order valence-corrected chi connectivity index (χ3v) is 4.44. The molecule has 0 aliphatic heterocycles. The van der Waals surface area contributed by atoms with Gasteiger partial charge in [-0.05, 0) is 28.2 Å². The number of thioether (sulfide) groups is 1. The summed E-state index contributed by atoms with van der Waals surface area (Å²) in [5.74, 6) is 1.16. The summed E-state index contributed by atoms with van der Waals surface area (Å²) in [6.07, 6.45) is 2.53. The smallest absolute Gasteiger partial charge is 0.167 e. The van der Waals surface area contributed by atoms with E-state index < -0.39 is 0 Å². The summed E-state index contributed by atoms with van der Waals surface area (Å²) in [6.45, 7) is 0. The second-order valence-electron chi connectivity index (χ2n) is 5.37. The fourth-order valence-corrected chi connectivity index (χ4v) is 3.20. The summed E-state index contributed by atoms with van der Waals surface area (Å²) < 4.78 is 0. The van der Waals surface area contributed by atoms with E-state index in [0.717, 1.165) is 22.3 Å². The van der Waals surface area contributed by atoms with Crippen LogP contribution in [-0.2, 0) is 12.2 Å². The molecule has 0 spiro atoms. The van der Waals surface area contributed by atoms with Crippen molar-refractivity contribution in [3.8, 4) is 0 Å². The van der Waals surface area contributed by atoms with Gasteiger partial charge in [0.2, 0.25) is 0 Å². The molecular formula is C20H18OS. The van der Waals surface area contributed by atoms with Crippen LogP contribution < -0.4 is 0 Å². The zero-order valence-corrected chi connectivity index (χ0v) is 13.4. The van der Waals surface area contributed by atoms with Crippen LogP contribution in [0.15, 0.2) is 66.7 Å². The maximum absolute atomic E-state index is 12.5. The molecule has 0 unspecified atom stereocenters. The van der Waals surface area contributed by atoms with Crippen LogP contribution in [0.25, 0.3) is 10.8 Å². The van der Waals surface area contributed by atoms with Gasteiger partial charge < -0.3 is 0 Å². The molecule has 0 bridgehead atoms. The second-order valence-corrected chi connectivity index (χ2v) is 6.23. The maximum Gasteiger partial charge on any atom is 0.167 e. The number of hydrogen-bond donors (Lipinski definition) is 0. The van der Waals surface area contributed by atoms with Crippen LogP contribution in [0.4, 0.5) is 0 Å². The molecule has 3 rings (SSSR count). The first-order chi connectivity index (χ1) is 10.8. The lowest BCUT2D eigenvalue weighted by atomic mass is 9.97. The third-order valence-electron chi connectivity index (χ3n) is 3.82. The molecule has 0 fully saturated rings. The van der Waals surface area contributed by atoms with Crippen LogP contribution in [0.5, 0.6) is 0 Å². The highest BCUT2D eigenvalue weighted by Gasteiger charge is 2.09. The lowest BCUT2D eigenvalue weighted by Crippen LogP contribution is -2.04. The summed E-state index contributed by atoms with van der Waals surface area (Å²) >= 11 is 1.79. The molecule has 0 aromatic heterocycles. The Morgan fingerprint density at radius 3 is 2.41 bits per heavy atom. The molecule has 0 amide bonds. The molecule has 22 heavy (non-hydrogen) atoms. The minimum atomic E-state index is 0.173. The molecule has 0 N–H and O–H groups in total. The summed E-state index contributed by atoms with van der Waals surface area (Å²) in [4.78, 5) is 12.5. The second kappa shape index (κ2) is 6.80. The molecule has 1 nitrogen and oxygen atoms in total. The first-order valence-electron chi connectivity index (χ1n) is 7.35. The zero-order chi connectivity index (χ0) is 15.4. The lowest BCUT2D eigenvalue weighted by Gasteiger charge is -2.07. The van der Waals surface area contributed by atoms with Gasteiger partial charge in [-0.3, -0.25) is 4.79 Å². The molecule has 0 atom stereocenters. The molecular weight excluding hydrogens is 288 g/mol. The standard InChI is InChI=1S/C20H18OS/c1-22-14-15-9-11-17(12-10-15)20(21)13-18-7-4-6-16-5-2-3-8-19(16)18/h2-12H,13-14H2,1H3. The van der Waals surface area contributed by atoms with Gasteiger partial charge >= 0.3 is 0 Å². The SMILES string of the molecule is CSCc1ccc(C(=O)Cc2cccc3ccccc23)cc1. The monoisotopic (exact) mass is 306 g/mol. The van der Waals surface area contributed by atoms with Crippen molar-refractivity contribution in [2.75, 3.05) is 6.26 Å². The van der Waals surface area contributed by atoms with Crippen molar-refractivity contribution in [1.29, 1.82) is 0 Å². The summed E-state index contributed by atoms with van der Waals surface area (Å²) in [6, 6.07) is 22.3. The molecule has 2 heteroatoms. The highest BCUT2D eigenvalue weighted by molar-refractivity contribution is 7.97. The average molecular weight is 306 g/mol. The van der Waals surface area contributed by atoms with E-state index in [0.29, 0.717) is 6.42 Å². The molecule has 0 aliphatic carbocycles. The topological polar surface area (TPSA) is 17.1 Å². The number of benzene rings is 3. The van der Waals surface area contributed by atoms with E-state index in [1.54, 1.807) is 11.8 Å². The van der Waals surface area contributed by atoms with Gasteiger partial charge in [0.1, 0.15) is 0 Å². The minimum Gasteiger partial charge on any atom is -0.294 e. The Kier molecular flexibility index (Phi) is 4.59. The quantitative estimate of drug-likeness (QED) is 0.608. The van der Waals surface area contributed by atoms with Crippen LogP contribution in [0.2, 0.25) is 0 Å². The first kappa shape index (κ1) is 14.9. The van der Waals surface area contributed by atoms with Crippen molar-refractivity contribution in [3.63, 3.8) is 0 Å². The van der Waals surface area contributed by atoms with Gasteiger partial charge in [0, 0.05) is 17.7 Å². The molecule has 0 saturated carbocycles. The van der Waals surface area contributed by atoms with Gasteiger partial charge in [-0.15, -0.1) is 0 Å². The number of ketones is 1. The van der Waals surface area contributed by atoms with Crippen molar-refractivity contribution in [3.05, 3.63) is 83.4 Å². The fourth-order valence-electron chi connectivity index (χ4n) is 2.68. The molecule has 0 aliphatic rings. The lowest BCUT2D eigenvalue weighted by molar-refractivity contribution is 0.0993. The van der Waals surface area contributed by atoms with Gasteiger partial charge in [-0.25, -0.2) is 0 Å². The Morgan fingerprint density at radius 1 is 0.909 bits per heavy atom. The fraction of sp³-hybridized carbons (Fsp3) is 0.150. The van der Waals surface area contributed by atoms with Crippen molar-refractivity contribution >= 4 is 28.3 Å². The number of fused-ring (bicyclic) bond motifs is 1. The minimum absolute atomic E-state index is 0.173. The van der Waals surface area contributed by atoms with E-state index in [1.165, 1.54) is 10.9 Å². The molecule has 110 valence electrons. The van der Waals surface area contributed by atoms with E-state index in [-0.39, 0.29) is 5.78 Å². The van der Waals surface area contributed by atoms with Crippen LogP contribution in [0.3, 0.4) is 0 Å². The predicted molar refractivity (Wildman–Crippen MR) is 95.6 cm³/mol. The van der Waals surface area contributed by atoms with E-state index in [4.69, 9.17) is 0 Å². The van der Waals surface area contributed by atoms with Gasteiger partial charge in [0.05, 0.1) is 0 Å². The number of carbonyl (C=O) groups excluding carboxylic acids is 1. The normalized spacial score (nSPS) is 10.8. The van der Waals surface area contributed by atoms with E-state index in [1.807, 2.05) is 48.5 Å². The van der Waals surface area contributed by atoms with Gasteiger partial charge in [-0.2, -0.15) is 11.8 Å². The largest absolute Gasteiger partial charge is 0.294 e. The van der Waals surface area contributed by atoms with Crippen LogP contribution in [0, 0.1) is 0 Å². The first-order valence-corrected chi connectivity index (χ1v) is 8.75. The highest BCUT2D eigenvalue weighted by atomic mass is 32.2. The predicted octanol–water partition coefficient (Wildman–Crippen LogP) is 5.13. The van der Waals surface area contributed by atoms with Gasteiger partial charge in [-0.1, -0.05) is 66.7 Å². The Hall–Kier alpha value is -2.06. The third kappa shape index (κ3) is 3.23. The number of rotatable bonds is 5. The molecule has 0 heterocycles. The Balaban J connectivity index is 1.83. The number of Topliss-reactive ketones (excluding diaryl/α,β-unsaturated/α-hetero) is 1. The van der Waals surface area contributed by atoms with Gasteiger partial charge in [0.25, 0.3) is 0 Å². The molecule has 0 radical (unpaired) electrons. The molecule has 0 saturated heterocycles. The summed E-state index contributed by atoms with van der Waals surface area (Å²) in [5, 5.41) is 2.35. The maximum atomic E-state index is 12.5. The van der Waals surface area contributed by atoms with Crippen LogP contribution >= 0.6 is 11.8 Å². The highest BCUT2D eigenvalue weighted by Crippen LogP contribution is 2.20. The van der Waals surface area contributed by atoms with Crippen LogP contribution in [-0.4, -0.2) is 12.0 Å². The number of carbonyl (C=O) groups is 1. The van der Waals surface area contributed by atoms with E-state index >= 15 is 0 Å². The number of hydrogen-bond acceptors (Lipinski definition) is 2. The van der Waals surface area contributed by atoms with Crippen molar-refractivity contribution < 1.29 is 4.79 Å². The van der Waals surface area contributed by atoms with Crippen molar-refractivity contribution in [1.82, 2.24) is 0 Å². The average Bonchev–Trinajstić information content (AvgIpc) is 2.56. The van der Waals surface area contributed by atoms with Crippen LogP contribution in [0.1, 0.15) is 21.5 Å². The summed E-state index contributed by atoms with van der Waals surface area (Å²) in [7, 11) is 0. The zero-order valence-electron chi connectivity index (χ0n) is 12.6. The van der Waals surface area contributed by atoms with E-state index in [9.17, 15) is 4.79 Å². The Morgan fingerprint density at radius 2 is 1.64 bits per heavy atom. The van der Waals surface area contributed by atoms with Crippen molar-refractivity contribution in [2.24, 2.45) is 0 Å². The molecule has 3 aromatic rings.